The number of rotatable bonds is 9. The lowest BCUT2D eigenvalue weighted by Gasteiger charge is -2.35. The number of pyridine rings is 1. The minimum atomic E-state index is -0.574. The third-order valence-corrected chi connectivity index (χ3v) is 8.50. The molecule has 1 unspecified atom stereocenters. The molecule has 6 rings (SSSR count). The van der Waals surface area contributed by atoms with Crippen LogP contribution in [0.4, 0.5) is 27.8 Å². The molecule has 4 N–H and O–H groups in total. The van der Waals surface area contributed by atoms with E-state index in [1.165, 1.54) is 0 Å². The molecule has 3 aromatic carbocycles. The van der Waals surface area contributed by atoms with Crippen molar-refractivity contribution >= 4 is 40.9 Å². The van der Waals surface area contributed by atoms with E-state index in [0.29, 0.717) is 55.5 Å². The summed E-state index contributed by atoms with van der Waals surface area (Å²) in [4.78, 5) is 48.5. The SMILES string of the molecule is NC(=O)c1ccc(N2CCCC(NC(=O)c3ccccc3)C2)nc1Nc1ccc(N2CCN(C(=O)OCc3ccccc3)CC2)cc1. The van der Waals surface area contributed by atoms with Crippen molar-refractivity contribution in [2.75, 3.05) is 54.4 Å². The Balaban J connectivity index is 1.05. The smallest absolute Gasteiger partial charge is 0.410 e. The van der Waals surface area contributed by atoms with Crippen molar-refractivity contribution in [1.82, 2.24) is 15.2 Å². The second-order valence-electron chi connectivity index (χ2n) is 11.7. The van der Waals surface area contributed by atoms with Gasteiger partial charge in [-0.05, 0) is 66.9 Å². The van der Waals surface area contributed by atoms with Crippen LogP contribution in [0.25, 0.3) is 0 Å². The van der Waals surface area contributed by atoms with Crippen LogP contribution in [0.5, 0.6) is 0 Å². The Morgan fingerprint density at radius 2 is 1.51 bits per heavy atom. The first-order chi connectivity index (χ1) is 22.9. The van der Waals surface area contributed by atoms with Gasteiger partial charge in [0.15, 0.2) is 0 Å². The monoisotopic (exact) mass is 633 g/mol. The van der Waals surface area contributed by atoms with Gasteiger partial charge in [0.05, 0.1) is 5.56 Å². The molecule has 0 spiro atoms. The topological polar surface area (TPSA) is 133 Å². The van der Waals surface area contributed by atoms with E-state index in [1.807, 2.05) is 72.8 Å². The minimum Gasteiger partial charge on any atom is -0.445 e. The van der Waals surface area contributed by atoms with Crippen molar-refractivity contribution < 1.29 is 19.1 Å². The average Bonchev–Trinajstić information content (AvgIpc) is 3.12. The first-order valence-electron chi connectivity index (χ1n) is 15.9. The second-order valence-corrected chi connectivity index (χ2v) is 11.7. The van der Waals surface area contributed by atoms with Crippen LogP contribution >= 0.6 is 0 Å². The van der Waals surface area contributed by atoms with Crippen LogP contribution in [0, 0.1) is 0 Å². The van der Waals surface area contributed by atoms with Gasteiger partial charge in [-0.15, -0.1) is 0 Å². The van der Waals surface area contributed by atoms with Gasteiger partial charge in [-0.1, -0.05) is 48.5 Å². The zero-order valence-electron chi connectivity index (χ0n) is 26.2. The molecule has 0 radical (unpaired) electrons. The van der Waals surface area contributed by atoms with Gasteiger partial charge in [-0.2, -0.15) is 0 Å². The Morgan fingerprint density at radius 1 is 0.809 bits per heavy atom. The fourth-order valence-electron chi connectivity index (χ4n) is 5.93. The summed E-state index contributed by atoms with van der Waals surface area (Å²) in [6.07, 6.45) is 1.47. The number of nitrogens with two attached hydrogens (primary N) is 1. The van der Waals surface area contributed by atoms with Gasteiger partial charge in [-0.3, -0.25) is 9.59 Å². The number of carbonyl (C=O) groups excluding carboxylic acids is 3. The molecule has 11 heteroatoms. The number of primary amides is 1. The zero-order chi connectivity index (χ0) is 32.6. The van der Waals surface area contributed by atoms with E-state index in [1.54, 1.807) is 29.2 Å². The average molecular weight is 634 g/mol. The highest BCUT2D eigenvalue weighted by Crippen LogP contribution is 2.27. The fraction of sp³-hybridized carbons (Fsp3) is 0.278. The molecule has 2 aliphatic rings. The molecule has 2 saturated heterocycles. The molecule has 242 valence electrons. The van der Waals surface area contributed by atoms with E-state index in [2.05, 4.69) is 20.4 Å². The molecule has 4 aromatic rings. The number of ether oxygens (including phenoxy) is 1. The standard InChI is InChI=1S/C36H39N7O4/c37-33(44)31-17-18-32(43-19-7-12-29(24-43)39-35(45)27-10-5-2-6-11-27)40-34(31)38-28-13-15-30(16-14-28)41-20-22-42(23-21-41)36(46)47-25-26-8-3-1-4-9-26/h1-6,8-11,13-18,29H,7,12,19-25H2,(H2,37,44)(H,38,40)(H,39,45). The molecule has 0 bridgehead atoms. The number of anilines is 4. The van der Waals surface area contributed by atoms with Gasteiger partial charge in [0, 0.05) is 62.2 Å². The van der Waals surface area contributed by atoms with Crippen LogP contribution in [0.2, 0.25) is 0 Å². The Bertz CT molecular complexity index is 1680. The number of carbonyl (C=O) groups is 3. The highest BCUT2D eigenvalue weighted by atomic mass is 16.6. The number of benzene rings is 3. The van der Waals surface area contributed by atoms with Crippen LogP contribution in [0.3, 0.4) is 0 Å². The Morgan fingerprint density at radius 3 is 2.21 bits per heavy atom. The van der Waals surface area contributed by atoms with Crippen LogP contribution < -0.4 is 26.2 Å². The molecule has 3 amide bonds. The number of piperidine rings is 1. The van der Waals surface area contributed by atoms with Crippen molar-refractivity contribution in [1.29, 1.82) is 0 Å². The molecule has 0 aliphatic carbocycles. The molecule has 47 heavy (non-hydrogen) atoms. The van der Waals surface area contributed by atoms with Gasteiger partial charge in [-0.25, -0.2) is 9.78 Å². The Kier molecular flexibility index (Phi) is 9.81. The van der Waals surface area contributed by atoms with Crippen molar-refractivity contribution in [2.24, 2.45) is 5.73 Å². The van der Waals surface area contributed by atoms with E-state index >= 15 is 0 Å². The number of nitrogens with zero attached hydrogens (tertiary/aromatic N) is 4. The number of aromatic nitrogens is 1. The predicted octanol–water partition coefficient (Wildman–Crippen LogP) is 4.78. The van der Waals surface area contributed by atoms with Gasteiger partial charge in [0.25, 0.3) is 11.8 Å². The molecule has 3 heterocycles. The third-order valence-electron chi connectivity index (χ3n) is 8.50. The number of piperazine rings is 1. The van der Waals surface area contributed by atoms with Gasteiger partial charge in [0.1, 0.15) is 18.2 Å². The maximum absolute atomic E-state index is 12.7. The lowest BCUT2D eigenvalue weighted by atomic mass is 10.0. The summed E-state index contributed by atoms with van der Waals surface area (Å²) in [6, 6.07) is 30.2. The lowest BCUT2D eigenvalue weighted by Crippen LogP contribution is -2.48. The summed E-state index contributed by atoms with van der Waals surface area (Å²) < 4.78 is 5.49. The predicted molar refractivity (Wildman–Crippen MR) is 182 cm³/mol. The van der Waals surface area contributed by atoms with E-state index in [4.69, 9.17) is 15.5 Å². The van der Waals surface area contributed by atoms with Crippen LogP contribution in [0.15, 0.2) is 97.1 Å². The molecule has 2 aliphatic heterocycles. The molecular formula is C36H39N7O4. The molecule has 0 saturated carbocycles. The first-order valence-corrected chi connectivity index (χ1v) is 15.9. The van der Waals surface area contributed by atoms with Crippen LogP contribution in [-0.4, -0.2) is 73.1 Å². The van der Waals surface area contributed by atoms with Gasteiger partial charge in [0.2, 0.25) is 0 Å². The lowest BCUT2D eigenvalue weighted by molar-refractivity contribution is 0.0928. The molecule has 1 atom stereocenters. The van der Waals surface area contributed by atoms with Crippen LogP contribution in [-0.2, 0) is 11.3 Å². The van der Waals surface area contributed by atoms with E-state index < -0.39 is 5.91 Å². The number of amides is 3. The van der Waals surface area contributed by atoms with Crippen molar-refractivity contribution in [3.8, 4) is 0 Å². The quantitative estimate of drug-likeness (QED) is 0.240. The molecular weight excluding hydrogens is 594 g/mol. The summed E-state index contributed by atoms with van der Waals surface area (Å²) in [5.41, 5.74) is 9.38. The highest BCUT2D eigenvalue weighted by molar-refractivity contribution is 5.98. The zero-order valence-corrected chi connectivity index (χ0v) is 26.2. The van der Waals surface area contributed by atoms with Crippen LogP contribution in [0.1, 0.15) is 39.1 Å². The second kappa shape index (κ2) is 14.7. The van der Waals surface area contributed by atoms with E-state index in [-0.39, 0.29) is 24.6 Å². The molecule has 1 aromatic heterocycles. The summed E-state index contributed by atoms with van der Waals surface area (Å²) in [6.45, 7) is 4.16. The van der Waals surface area contributed by atoms with Crippen molar-refractivity contribution in [2.45, 2.75) is 25.5 Å². The highest BCUT2D eigenvalue weighted by Gasteiger charge is 2.25. The fourth-order valence-corrected chi connectivity index (χ4v) is 5.93. The molecule has 11 nitrogen and oxygen atoms in total. The van der Waals surface area contributed by atoms with Crippen molar-refractivity contribution in [3.63, 3.8) is 0 Å². The summed E-state index contributed by atoms with van der Waals surface area (Å²) in [7, 11) is 0. The summed E-state index contributed by atoms with van der Waals surface area (Å²) >= 11 is 0. The minimum absolute atomic E-state index is 0.0279. The van der Waals surface area contributed by atoms with E-state index in [9.17, 15) is 14.4 Å². The Labute approximate surface area is 274 Å². The first kappa shape index (κ1) is 31.4. The number of hydrogen-bond acceptors (Lipinski definition) is 8. The third kappa shape index (κ3) is 7.99. The maximum Gasteiger partial charge on any atom is 0.410 e. The van der Waals surface area contributed by atoms with Gasteiger partial charge >= 0.3 is 6.09 Å². The summed E-state index contributed by atoms with van der Waals surface area (Å²) in [5, 5.41) is 6.42. The van der Waals surface area contributed by atoms with Crippen molar-refractivity contribution in [3.05, 3.63) is 114 Å². The van der Waals surface area contributed by atoms with Gasteiger partial charge < -0.3 is 35.8 Å². The Hall–Kier alpha value is -5.58. The van der Waals surface area contributed by atoms with E-state index in [0.717, 1.165) is 36.3 Å². The maximum atomic E-state index is 12.7. The normalized spacial score (nSPS) is 16.3. The molecule has 2 fully saturated rings. The number of nitrogens with one attached hydrogen (secondary N) is 2. The largest absolute Gasteiger partial charge is 0.445 e. The summed E-state index contributed by atoms with van der Waals surface area (Å²) in [5.74, 6) is 0.410. The number of hydrogen-bond donors (Lipinski definition) is 3.